The number of aliphatic hydroxyl groups excluding tert-OH is 1. The summed E-state index contributed by atoms with van der Waals surface area (Å²) in [6.07, 6.45) is -3.87. The standard InChI is InChI=1S/C37H54F2N4O9/c1-35(2,3)51-33(47)42-26(17-24-16-25(38)12-15-28(24)39)18-30(44)40-21-37(7,8)22-41-32(46)31(45)29(43-34(48)52-36(4,5)6)20-50-19-23-10-13-27(49-9)14-11-23/h10-16,26,29,31,45H,17-22H2,1-9H3,(H,40,44)(H,41,46)(H,42,47)(H,43,48)/t26-,29-,31+/m1/s1. The normalized spacial score (nSPS) is 13.6. The molecule has 3 atom stereocenters. The number of amides is 4. The molecule has 290 valence electrons. The van der Waals surface area contributed by atoms with E-state index in [9.17, 15) is 33.1 Å². The Morgan fingerprint density at radius 1 is 0.808 bits per heavy atom. The fourth-order valence-corrected chi connectivity index (χ4v) is 4.62. The van der Waals surface area contributed by atoms with Gasteiger partial charge in [-0.25, -0.2) is 18.4 Å². The van der Waals surface area contributed by atoms with Gasteiger partial charge < -0.3 is 45.3 Å². The molecule has 13 nitrogen and oxygen atoms in total. The molecule has 15 heteroatoms. The Bertz CT molecular complexity index is 1490. The van der Waals surface area contributed by atoms with Crippen LogP contribution in [0.5, 0.6) is 5.75 Å². The molecular formula is C37H54F2N4O9. The summed E-state index contributed by atoms with van der Waals surface area (Å²) in [7, 11) is 1.55. The molecule has 4 amide bonds. The van der Waals surface area contributed by atoms with E-state index in [0.29, 0.717) is 5.75 Å². The van der Waals surface area contributed by atoms with Crippen molar-refractivity contribution in [2.24, 2.45) is 5.41 Å². The molecule has 2 aromatic carbocycles. The molecule has 0 saturated carbocycles. The van der Waals surface area contributed by atoms with Crippen LogP contribution in [-0.2, 0) is 36.8 Å². The van der Waals surface area contributed by atoms with Gasteiger partial charge >= 0.3 is 12.2 Å². The summed E-state index contributed by atoms with van der Waals surface area (Å²) in [6.45, 7) is 13.5. The number of aliphatic hydroxyl groups is 1. The van der Waals surface area contributed by atoms with Crippen LogP contribution < -0.4 is 26.0 Å². The minimum atomic E-state index is -1.73. The van der Waals surface area contributed by atoms with Crippen molar-refractivity contribution >= 4 is 24.0 Å². The molecule has 2 aromatic rings. The minimum absolute atomic E-state index is 0.00310. The van der Waals surface area contributed by atoms with Gasteiger partial charge in [-0.2, -0.15) is 0 Å². The highest BCUT2D eigenvalue weighted by atomic mass is 19.1. The highest BCUT2D eigenvalue weighted by Gasteiger charge is 2.31. The van der Waals surface area contributed by atoms with Gasteiger partial charge in [0.1, 0.15) is 28.6 Å². The highest BCUT2D eigenvalue weighted by molar-refractivity contribution is 5.82. The van der Waals surface area contributed by atoms with Crippen molar-refractivity contribution in [3.63, 3.8) is 0 Å². The maximum Gasteiger partial charge on any atom is 0.408 e. The van der Waals surface area contributed by atoms with E-state index in [-0.39, 0.29) is 44.7 Å². The van der Waals surface area contributed by atoms with Gasteiger partial charge in [-0.05, 0) is 94.8 Å². The first-order valence-electron chi connectivity index (χ1n) is 16.9. The smallest absolute Gasteiger partial charge is 0.408 e. The SMILES string of the molecule is COc1ccc(COC[C@@H](NC(=O)OC(C)(C)C)[C@H](O)C(=O)NCC(C)(C)CNC(=O)C[C@@H](Cc2cc(F)ccc2F)NC(=O)OC(C)(C)C)cc1. The predicted molar refractivity (Wildman–Crippen MR) is 189 cm³/mol. The fourth-order valence-electron chi connectivity index (χ4n) is 4.62. The fraction of sp³-hybridized carbons (Fsp3) is 0.568. The molecule has 52 heavy (non-hydrogen) atoms. The van der Waals surface area contributed by atoms with Crippen molar-refractivity contribution in [1.82, 2.24) is 21.3 Å². The van der Waals surface area contributed by atoms with Gasteiger partial charge in [0.05, 0.1) is 26.4 Å². The monoisotopic (exact) mass is 736 g/mol. The predicted octanol–water partition coefficient (Wildman–Crippen LogP) is 4.53. The van der Waals surface area contributed by atoms with Crippen LogP contribution >= 0.6 is 0 Å². The lowest BCUT2D eigenvalue weighted by molar-refractivity contribution is -0.132. The topological polar surface area (TPSA) is 174 Å². The van der Waals surface area contributed by atoms with Crippen LogP contribution in [0.1, 0.15) is 72.9 Å². The Labute approximate surface area is 304 Å². The number of hydrogen-bond acceptors (Lipinski definition) is 9. The molecule has 0 spiro atoms. The molecule has 0 unspecified atom stereocenters. The molecular weight excluding hydrogens is 682 g/mol. The number of alkyl carbamates (subject to hydrolysis) is 2. The first-order valence-corrected chi connectivity index (χ1v) is 16.9. The quantitative estimate of drug-likeness (QED) is 0.156. The van der Waals surface area contributed by atoms with Crippen molar-refractivity contribution in [2.45, 2.75) is 104 Å². The molecule has 5 N–H and O–H groups in total. The number of carbonyl (C=O) groups is 4. The summed E-state index contributed by atoms with van der Waals surface area (Å²) < 4.78 is 49.7. The molecule has 0 aromatic heterocycles. The van der Waals surface area contributed by atoms with E-state index >= 15 is 0 Å². The molecule has 2 rings (SSSR count). The van der Waals surface area contributed by atoms with Crippen LogP contribution in [0.25, 0.3) is 0 Å². The van der Waals surface area contributed by atoms with E-state index in [4.69, 9.17) is 18.9 Å². The van der Waals surface area contributed by atoms with Crippen molar-refractivity contribution in [2.75, 3.05) is 26.8 Å². The van der Waals surface area contributed by atoms with Crippen LogP contribution in [0.3, 0.4) is 0 Å². The zero-order valence-corrected chi connectivity index (χ0v) is 31.5. The van der Waals surface area contributed by atoms with Gasteiger partial charge in [-0.15, -0.1) is 0 Å². The Morgan fingerprint density at radius 3 is 1.96 bits per heavy atom. The van der Waals surface area contributed by atoms with Crippen LogP contribution in [-0.4, -0.2) is 85.3 Å². The Kier molecular flexibility index (Phi) is 16.3. The average molecular weight is 737 g/mol. The molecule has 0 aliphatic rings. The number of carbonyl (C=O) groups excluding carboxylic acids is 4. The lowest BCUT2D eigenvalue weighted by atomic mass is 9.93. The van der Waals surface area contributed by atoms with E-state index in [2.05, 4.69) is 21.3 Å². The summed E-state index contributed by atoms with van der Waals surface area (Å²) in [5, 5.41) is 21.4. The van der Waals surface area contributed by atoms with Crippen molar-refractivity contribution in [3.8, 4) is 5.75 Å². The van der Waals surface area contributed by atoms with Gasteiger partial charge in [-0.3, -0.25) is 9.59 Å². The van der Waals surface area contributed by atoms with Gasteiger partial charge in [0.2, 0.25) is 5.91 Å². The van der Waals surface area contributed by atoms with Crippen LogP contribution in [0, 0.1) is 17.0 Å². The van der Waals surface area contributed by atoms with E-state index in [1.54, 1.807) is 86.8 Å². The summed E-state index contributed by atoms with van der Waals surface area (Å²) >= 11 is 0. The lowest BCUT2D eigenvalue weighted by Crippen LogP contribution is -2.55. The highest BCUT2D eigenvalue weighted by Crippen LogP contribution is 2.17. The first kappa shape index (κ1) is 43.7. The Hall–Kier alpha value is -4.50. The van der Waals surface area contributed by atoms with Crippen molar-refractivity contribution < 1.29 is 52.0 Å². The third-order valence-electron chi connectivity index (χ3n) is 7.21. The minimum Gasteiger partial charge on any atom is -0.497 e. The average Bonchev–Trinajstić information content (AvgIpc) is 3.02. The third-order valence-corrected chi connectivity index (χ3v) is 7.21. The summed E-state index contributed by atoms with van der Waals surface area (Å²) in [5.74, 6) is -2.00. The van der Waals surface area contributed by atoms with Crippen molar-refractivity contribution in [1.29, 1.82) is 0 Å². The maximum atomic E-state index is 14.4. The number of methoxy groups -OCH3 is 1. The van der Waals surface area contributed by atoms with E-state index in [1.165, 1.54) is 0 Å². The summed E-state index contributed by atoms with van der Waals surface area (Å²) in [4.78, 5) is 51.1. The zero-order chi connectivity index (χ0) is 39.3. The molecule has 0 aliphatic carbocycles. The molecule has 0 heterocycles. The van der Waals surface area contributed by atoms with Gasteiger partial charge in [-0.1, -0.05) is 26.0 Å². The second-order valence-electron chi connectivity index (χ2n) is 15.2. The van der Waals surface area contributed by atoms with Crippen LogP contribution in [0.15, 0.2) is 42.5 Å². The van der Waals surface area contributed by atoms with Gasteiger partial charge in [0, 0.05) is 25.6 Å². The number of hydrogen-bond donors (Lipinski definition) is 5. The van der Waals surface area contributed by atoms with Crippen molar-refractivity contribution in [3.05, 3.63) is 65.2 Å². The second-order valence-corrected chi connectivity index (χ2v) is 15.2. The molecule has 0 radical (unpaired) electrons. The Balaban J connectivity index is 2.01. The van der Waals surface area contributed by atoms with Crippen LogP contribution in [0.2, 0.25) is 0 Å². The number of benzene rings is 2. The number of ether oxygens (including phenoxy) is 4. The summed E-state index contributed by atoms with van der Waals surface area (Å²) in [6, 6.07) is 7.93. The van der Waals surface area contributed by atoms with E-state index in [0.717, 1.165) is 23.8 Å². The summed E-state index contributed by atoms with van der Waals surface area (Å²) in [5.41, 5.74) is -1.64. The van der Waals surface area contributed by atoms with E-state index in [1.807, 2.05) is 0 Å². The molecule has 0 aliphatic heterocycles. The Morgan fingerprint density at radius 2 is 1.38 bits per heavy atom. The van der Waals surface area contributed by atoms with E-state index < -0.39 is 70.4 Å². The van der Waals surface area contributed by atoms with Gasteiger partial charge in [0.25, 0.3) is 5.91 Å². The number of rotatable bonds is 17. The molecule has 0 saturated heterocycles. The third kappa shape index (κ3) is 17.1. The van der Waals surface area contributed by atoms with Crippen LogP contribution in [0.4, 0.5) is 18.4 Å². The zero-order valence-electron chi connectivity index (χ0n) is 31.5. The van der Waals surface area contributed by atoms with Gasteiger partial charge in [0.15, 0.2) is 6.10 Å². The molecule has 0 bridgehead atoms. The largest absolute Gasteiger partial charge is 0.497 e. The number of nitrogens with one attached hydrogen (secondary N) is 4. The number of halogens is 2. The lowest BCUT2D eigenvalue weighted by Gasteiger charge is -2.29. The first-order chi connectivity index (χ1) is 24.1. The molecule has 0 fully saturated rings. The second kappa shape index (κ2) is 19.4. The maximum absolute atomic E-state index is 14.4.